The van der Waals surface area contributed by atoms with Crippen LogP contribution in [0.1, 0.15) is 13.8 Å². The van der Waals surface area contributed by atoms with E-state index in [0.717, 1.165) is 12.0 Å². The Labute approximate surface area is 83.6 Å². The minimum absolute atomic E-state index is 0.0745. The van der Waals surface area contributed by atoms with E-state index in [2.05, 4.69) is 0 Å². The van der Waals surface area contributed by atoms with Crippen molar-refractivity contribution in [1.29, 1.82) is 0 Å². The lowest BCUT2D eigenvalue weighted by atomic mass is 10.3. The first-order chi connectivity index (χ1) is 6.72. The molecule has 0 N–H and O–H groups in total. The second kappa shape index (κ2) is 5.27. The number of benzene rings is 1. The third-order valence-corrected chi connectivity index (χ3v) is 1.50. The lowest BCUT2D eigenvalue weighted by Gasteiger charge is -2.10. The molecule has 76 valence electrons. The van der Waals surface area contributed by atoms with E-state index in [-0.39, 0.29) is 12.7 Å². The summed E-state index contributed by atoms with van der Waals surface area (Å²) in [6.45, 7) is 3.99. The van der Waals surface area contributed by atoms with Gasteiger partial charge in [-0.1, -0.05) is 6.07 Å². The summed E-state index contributed by atoms with van der Waals surface area (Å²) in [6.07, 6.45) is 0.854. The average molecular weight is 194 g/mol. The van der Waals surface area contributed by atoms with Gasteiger partial charge in [0.15, 0.2) is 6.29 Å². The van der Waals surface area contributed by atoms with Crippen molar-refractivity contribution >= 4 is 6.29 Å². The second-order valence-electron chi connectivity index (χ2n) is 3.12. The lowest BCUT2D eigenvalue weighted by Crippen LogP contribution is -2.05. The highest BCUT2D eigenvalue weighted by molar-refractivity contribution is 5.51. The Morgan fingerprint density at radius 3 is 2.71 bits per heavy atom. The fourth-order valence-electron chi connectivity index (χ4n) is 1.04. The molecule has 0 spiro atoms. The van der Waals surface area contributed by atoms with Crippen LogP contribution in [0.15, 0.2) is 24.3 Å². The summed E-state index contributed by atoms with van der Waals surface area (Å²) in [4.78, 5) is 10.1. The van der Waals surface area contributed by atoms with Gasteiger partial charge in [0.05, 0.1) is 6.10 Å². The number of hydrogen-bond donors (Lipinski definition) is 0. The lowest BCUT2D eigenvalue weighted by molar-refractivity contribution is -0.109. The van der Waals surface area contributed by atoms with Gasteiger partial charge in [0.25, 0.3) is 0 Å². The Hall–Kier alpha value is -1.51. The Bertz CT molecular complexity index is 294. The van der Waals surface area contributed by atoms with E-state index in [1.807, 2.05) is 26.0 Å². The molecule has 0 radical (unpaired) electrons. The third-order valence-electron chi connectivity index (χ3n) is 1.50. The predicted molar refractivity (Wildman–Crippen MR) is 53.8 cm³/mol. The van der Waals surface area contributed by atoms with Gasteiger partial charge in [-0.15, -0.1) is 0 Å². The normalized spacial score (nSPS) is 9.93. The van der Waals surface area contributed by atoms with Crippen LogP contribution < -0.4 is 9.47 Å². The molecule has 0 aliphatic rings. The number of carbonyl (C=O) groups is 1. The van der Waals surface area contributed by atoms with Crippen molar-refractivity contribution in [2.75, 3.05) is 6.61 Å². The molecule has 0 heterocycles. The summed E-state index contributed by atoms with van der Waals surface area (Å²) in [7, 11) is 0. The summed E-state index contributed by atoms with van der Waals surface area (Å²) in [5.41, 5.74) is 0. The molecule has 1 aromatic rings. The molecule has 0 aliphatic heterocycles. The molecular weight excluding hydrogens is 180 g/mol. The topological polar surface area (TPSA) is 35.5 Å². The molecule has 0 atom stereocenters. The van der Waals surface area contributed by atoms with E-state index < -0.39 is 0 Å². The van der Waals surface area contributed by atoms with Gasteiger partial charge in [0.1, 0.15) is 18.1 Å². The van der Waals surface area contributed by atoms with Gasteiger partial charge in [-0.3, -0.25) is 4.79 Å². The Balaban J connectivity index is 2.63. The van der Waals surface area contributed by atoms with Gasteiger partial charge in [0.2, 0.25) is 0 Å². The maximum Gasteiger partial charge on any atom is 0.157 e. The fraction of sp³-hybridized carbons (Fsp3) is 0.364. The van der Waals surface area contributed by atoms with Crippen molar-refractivity contribution < 1.29 is 14.3 Å². The molecule has 0 fully saturated rings. The predicted octanol–water partition coefficient (Wildman–Crippen LogP) is 2.05. The third kappa shape index (κ3) is 3.47. The molecule has 0 saturated carbocycles. The van der Waals surface area contributed by atoms with Gasteiger partial charge in [-0.25, -0.2) is 0 Å². The van der Waals surface area contributed by atoms with Crippen molar-refractivity contribution in [2.24, 2.45) is 0 Å². The molecule has 1 rings (SSSR count). The summed E-state index contributed by atoms with van der Waals surface area (Å²) >= 11 is 0. The summed E-state index contributed by atoms with van der Waals surface area (Å²) < 4.78 is 10.6. The quantitative estimate of drug-likeness (QED) is 0.673. The zero-order valence-corrected chi connectivity index (χ0v) is 8.40. The zero-order valence-electron chi connectivity index (χ0n) is 8.40. The molecule has 3 heteroatoms. The summed E-state index contributed by atoms with van der Waals surface area (Å²) in [6, 6.07) is 7.24. The van der Waals surface area contributed by atoms with Crippen LogP contribution in [0.2, 0.25) is 0 Å². The fourth-order valence-corrected chi connectivity index (χ4v) is 1.04. The van der Waals surface area contributed by atoms with Crippen LogP contribution in [0.5, 0.6) is 11.5 Å². The van der Waals surface area contributed by atoms with Gasteiger partial charge in [0, 0.05) is 6.07 Å². The summed E-state index contributed by atoms with van der Waals surface area (Å²) in [5.74, 6) is 1.40. The number of ether oxygens (including phenoxy) is 2. The minimum atomic E-state index is 0.0745. The Kier molecular flexibility index (Phi) is 3.98. The van der Waals surface area contributed by atoms with E-state index in [1.54, 1.807) is 12.1 Å². The molecule has 0 amide bonds. The maximum absolute atomic E-state index is 10.1. The largest absolute Gasteiger partial charge is 0.491 e. The van der Waals surface area contributed by atoms with E-state index in [1.165, 1.54) is 0 Å². The highest BCUT2D eigenvalue weighted by Gasteiger charge is 1.99. The van der Waals surface area contributed by atoms with E-state index in [4.69, 9.17) is 9.47 Å². The number of rotatable bonds is 5. The minimum Gasteiger partial charge on any atom is -0.491 e. The smallest absolute Gasteiger partial charge is 0.157 e. The van der Waals surface area contributed by atoms with Crippen LogP contribution >= 0.6 is 0 Å². The van der Waals surface area contributed by atoms with Gasteiger partial charge in [-0.05, 0) is 26.0 Å². The van der Waals surface area contributed by atoms with Crippen molar-refractivity contribution in [3.05, 3.63) is 24.3 Å². The summed E-state index contributed by atoms with van der Waals surface area (Å²) in [5, 5.41) is 0. The molecule has 0 unspecified atom stereocenters. The molecule has 0 aromatic heterocycles. The highest BCUT2D eigenvalue weighted by atomic mass is 16.5. The van der Waals surface area contributed by atoms with Crippen molar-refractivity contribution in [3.63, 3.8) is 0 Å². The van der Waals surface area contributed by atoms with Crippen LogP contribution in [0.3, 0.4) is 0 Å². The molecular formula is C11H14O3. The van der Waals surface area contributed by atoms with Crippen LogP contribution in [0, 0.1) is 0 Å². The van der Waals surface area contributed by atoms with Crippen molar-refractivity contribution in [1.82, 2.24) is 0 Å². The molecule has 14 heavy (non-hydrogen) atoms. The van der Waals surface area contributed by atoms with Crippen LogP contribution in [0.25, 0.3) is 0 Å². The van der Waals surface area contributed by atoms with Crippen LogP contribution in [-0.2, 0) is 4.79 Å². The zero-order chi connectivity index (χ0) is 10.4. The Morgan fingerprint density at radius 2 is 2.07 bits per heavy atom. The van der Waals surface area contributed by atoms with Crippen LogP contribution in [-0.4, -0.2) is 19.0 Å². The average Bonchev–Trinajstić information content (AvgIpc) is 2.14. The molecule has 1 aromatic carbocycles. The number of aldehydes is 1. The van der Waals surface area contributed by atoms with Crippen LogP contribution in [0.4, 0.5) is 0 Å². The highest BCUT2D eigenvalue weighted by Crippen LogP contribution is 2.20. The van der Waals surface area contributed by atoms with Crippen molar-refractivity contribution in [2.45, 2.75) is 20.0 Å². The van der Waals surface area contributed by atoms with Gasteiger partial charge < -0.3 is 9.47 Å². The second-order valence-corrected chi connectivity index (χ2v) is 3.12. The number of hydrogen-bond acceptors (Lipinski definition) is 3. The number of carbonyl (C=O) groups excluding carboxylic acids is 1. The van der Waals surface area contributed by atoms with Gasteiger partial charge >= 0.3 is 0 Å². The maximum atomic E-state index is 10.1. The SMILES string of the molecule is CC(C)Oc1cccc(OCC=O)c1. The Morgan fingerprint density at radius 1 is 1.36 bits per heavy atom. The standard InChI is InChI=1S/C11H14O3/c1-9(2)14-11-5-3-4-10(8-11)13-7-6-12/h3-6,8-9H,7H2,1-2H3. The van der Waals surface area contributed by atoms with E-state index in [0.29, 0.717) is 5.75 Å². The van der Waals surface area contributed by atoms with Gasteiger partial charge in [-0.2, -0.15) is 0 Å². The van der Waals surface area contributed by atoms with E-state index in [9.17, 15) is 4.79 Å². The monoisotopic (exact) mass is 194 g/mol. The first-order valence-corrected chi connectivity index (χ1v) is 4.55. The molecule has 0 bridgehead atoms. The first-order valence-electron chi connectivity index (χ1n) is 4.55. The van der Waals surface area contributed by atoms with Crippen molar-refractivity contribution in [3.8, 4) is 11.5 Å². The molecule has 0 aliphatic carbocycles. The molecule has 0 saturated heterocycles. The first kappa shape index (κ1) is 10.6. The van der Waals surface area contributed by atoms with E-state index >= 15 is 0 Å². The molecule has 3 nitrogen and oxygen atoms in total.